The van der Waals surface area contributed by atoms with Gasteiger partial charge in [-0.1, -0.05) is 81.4 Å². The SMILES string of the molecule is Cc1ncsc1-c1ccc(CNC(=O)[C@@H]2C[C@@H](O)CN2C(=O)[C@@H](NC(=O)C2CCC(c3ccc(-c4cnc(C5CC6CN(c7cc(-c8ccccc8O)nnc7N)CC(C5)N6)nc4)cc3)CC2)C(C)(C)C)cc1. The smallest absolute Gasteiger partial charge is 0.246 e. The summed E-state index contributed by atoms with van der Waals surface area (Å²) in [6.45, 7) is 9.54. The summed E-state index contributed by atoms with van der Waals surface area (Å²) in [4.78, 5) is 60.8. The molecule has 3 aliphatic heterocycles. The Morgan fingerprint density at radius 2 is 1.51 bits per heavy atom. The molecule has 6 aromatic rings. The zero-order valence-corrected chi connectivity index (χ0v) is 42.7. The van der Waals surface area contributed by atoms with E-state index in [0.717, 1.165) is 83.1 Å². The number of hydrogen-bond acceptors (Lipinski definition) is 14. The van der Waals surface area contributed by atoms with Crippen LogP contribution >= 0.6 is 11.3 Å². The first-order chi connectivity index (χ1) is 35.1. The normalized spacial score (nSPS) is 23.4. The molecule has 5 atom stereocenters. The Labute approximate surface area is 430 Å². The Hall–Kier alpha value is -6.82. The molecular weight excluding hydrogens is 939 g/mol. The largest absolute Gasteiger partial charge is 0.507 e. The topological polar surface area (TPSA) is 225 Å². The molecule has 2 unspecified atom stereocenters. The summed E-state index contributed by atoms with van der Waals surface area (Å²) < 4.78 is 0. The number of piperazine rings is 1. The van der Waals surface area contributed by atoms with Gasteiger partial charge in [0.1, 0.15) is 23.7 Å². The number of anilines is 2. The number of aliphatic hydroxyl groups excluding tert-OH is 1. The molecule has 4 fully saturated rings. The maximum atomic E-state index is 14.3. The highest BCUT2D eigenvalue weighted by Gasteiger charge is 2.45. The van der Waals surface area contributed by atoms with Crippen LogP contribution in [0.3, 0.4) is 0 Å². The maximum absolute atomic E-state index is 14.3. The van der Waals surface area contributed by atoms with Crippen LogP contribution in [-0.4, -0.2) is 108 Å². The van der Waals surface area contributed by atoms with Crippen molar-refractivity contribution in [3.05, 3.63) is 119 Å². The van der Waals surface area contributed by atoms with Crippen molar-refractivity contribution in [1.29, 1.82) is 0 Å². The predicted octanol–water partition coefficient (Wildman–Crippen LogP) is 7.13. The van der Waals surface area contributed by atoms with Crippen molar-refractivity contribution < 1.29 is 24.6 Å². The molecule has 380 valence electrons. The van der Waals surface area contributed by atoms with Crippen molar-refractivity contribution in [2.24, 2.45) is 11.3 Å². The third kappa shape index (κ3) is 10.9. The van der Waals surface area contributed by atoms with Gasteiger partial charge in [0.25, 0.3) is 0 Å². The van der Waals surface area contributed by atoms with Gasteiger partial charge in [-0.3, -0.25) is 14.4 Å². The lowest BCUT2D eigenvalue weighted by molar-refractivity contribution is -0.144. The van der Waals surface area contributed by atoms with Gasteiger partial charge in [-0.2, -0.15) is 0 Å². The summed E-state index contributed by atoms with van der Waals surface area (Å²) in [6, 6.07) is 24.3. The standard InChI is InChI=1S/C56H65N11O5S/c1-32-49(73-31-61-32)37-11-9-33(10-12-37)25-60-54(71)47-23-43(68)30-67(47)55(72)50(56(2,3)4)63-53(70)38-19-17-35(18-20-38)34-13-15-36(16-14-34)40-26-58-52(59-27-40)39-21-41-28-66(29-42(22-39)62-41)46-24-45(64-65-51(46)57)44-7-5-6-8-48(44)69/h5-16,24,26-27,31,35,38-39,41-43,47,50,62,68-69H,17-23,25,28-30H2,1-4H3,(H2,57,65)(H,60,71)(H,63,70)/t35?,38?,39?,41?,42?,43-,47+,50-/m1/s1. The number of fused-ring (bicyclic) bond motifs is 2. The Balaban J connectivity index is 0.703. The van der Waals surface area contributed by atoms with Crippen LogP contribution < -0.4 is 26.6 Å². The number of rotatable bonds is 12. The minimum absolute atomic E-state index is 0.0266. The molecular formula is C56H65N11O5S. The molecule has 10 rings (SSSR count). The molecule has 1 saturated carbocycles. The number of nitrogens with two attached hydrogens (primary N) is 1. The summed E-state index contributed by atoms with van der Waals surface area (Å²) in [7, 11) is 0. The lowest BCUT2D eigenvalue weighted by Crippen LogP contribution is -2.60. The van der Waals surface area contributed by atoms with Gasteiger partial charge in [0.2, 0.25) is 17.7 Å². The van der Waals surface area contributed by atoms with Gasteiger partial charge in [0, 0.05) is 80.0 Å². The predicted molar refractivity (Wildman–Crippen MR) is 282 cm³/mol. The van der Waals surface area contributed by atoms with E-state index in [1.54, 1.807) is 23.5 Å². The van der Waals surface area contributed by atoms with E-state index in [9.17, 15) is 24.6 Å². The van der Waals surface area contributed by atoms with Gasteiger partial charge < -0.3 is 41.7 Å². The average Bonchev–Trinajstić information content (AvgIpc) is 4.02. The first-order valence-corrected chi connectivity index (χ1v) is 26.4. The van der Waals surface area contributed by atoms with Gasteiger partial charge in [0.05, 0.1) is 33.6 Å². The highest BCUT2D eigenvalue weighted by atomic mass is 32.1. The number of aromatic hydroxyl groups is 1. The zero-order valence-electron chi connectivity index (χ0n) is 41.9. The molecule has 6 heterocycles. The Morgan fingerprint density at radius 3 is 2.16 bits per heavy atom. The number of piperidine rings is 1. The van der Waals surface area contributed by atoms with Crippen molar-refractivity contribution in [1.82, 2.24) is 46.0 Å². The van der Waals surface area contributed by atoms with Gasteiger partial charge in [0.15, 0.2) is 5.82 Å². The van der Waals surface area contributed by atoms with E-state index >= 15 is 0 Å². The lowest BCUT2D eigenvalue weighted by Gasteiger charge is -2.46. The van der Waals surface area contributed by atoms with E-state index in [4.69, 9.17) is 15.7 Å². The number of phenols is 1. The van der Waals surface area contributed by atoms with Crippen molar-refractivity contribution in [2.75, 3.05) is 30.3 Å². The molecule has 3 saturated heterocycles. The highest BCUT2D eigenvalue weighted by Crippen LogP contribution is 2.39. The summed E-state index contributed by atoms with van der Waals surface area (Å²) in [5, 5.41) is 39.5. The first kappa shape index (κ1) is 49.7. The second kappa shape index (κ2) is 21.0. The van der Waals surface area contributed by atoms with Crippen molar-refractivity contribution >= 4 is 40.6 Å². The number of amides is 3. The Morgan fingerprint density at radius 1 is 0.822 bits per heavy atom. The number of hydrogen-bond donors (Lipinski definition) is 6. The molecule has 3 amide bonds. The molecule has 0 spiro atoms. The van der Waals surface area contributed by atoms with Gasteiger partial charge in [-0.05, 0) is 97.2 Å². The van der Waals surface area contributed by atoms with Crippen LogP contribution in [-0.2, 0) is 20.9 Å². The number of para-hydroxylation sites is 1. The molecule has 73 heavy (non-hydrogen) atoms. The minimum atomic E-state index is -0.874. The number of likely N-dealkylation sites (tertiary alicyclic amines) is 1. The van der Waals surface area contributed by atoms with Crippen LogP contribution in [0, 0.1) is 18.3 Å². The summed E-state index contributed by atoms with van der Waals surface area (Å²) in [6.07, 6.45) is 8.01. The van der Waals surface area contributed by atoms with Crippen LogP contribution in [0.2, 0.25) is 0 Å². The maximum Gasteiger partial charge on any atom is 0.246 e. The van der Waals surface area contributed by atoms with Crippen LogP contribution in [0.1, 0.15) is 100 Å². The number of nitrogens with one attached hydrogen (secondary N) is 3. The van der Waals surface area contributed by atoms with Crippen LogP contribution in [0.25, 0.3) is 32.8 Å². The number of nitrogens with zero attached hydrogens (tertiary/aromatic N) is 7. The fraction of sp³-hybridized carbons (Fsp3) is 0.429. The number of aryl methyl sites for hydroxylation is 1. The van der Waals surface area contributed by atoms with Crippen LogP contribution in [0.5, 0.6) is 5.75 Å². The van der Waals surface area contributed by atoms with Crippen molar-refractivity contribution in [3.63, 3.8) is 0 Å². The lowest BCUT2D eigenvalue weighted by atomic mass is 9.77. The number of phenolic OH excluding ortho intramolecular Hbond substituents is 1. The van der Waals surface area contributed by atoms with Crippen LogP contribution in [0.4, 0.5) is 11.5 Å². The van der Waals surface area contributed by atoms with E-state index in [1.807, 2.05) is 88.1 Å². The fourth-order valence-corrected chi connectivity index (χ4v) is 12.2. The monoisotopic (exact) mass is 1000 g/mol. The molecule has 4 aliphatic rings. The second-order valence-corrected chi connectivity index (χ2v) is 22.4. The summed E-state index contributed by atoms with van der Waals surface area (Å²) >= 11 is 1.59. The quantitative estimate of drug-likeness (QED) is 0.0719. The van der Waals surface area contributed by atoms with Gasteiger partial charge in [-0.15, -0.1) is 21.5 Å². The van der Waals surface area contributed by atoms with E-state index in [1.165, 1.54) is 10.5 Å². The van der Waals surface area contributed by atoms with E-state index in [-0.39, 0.29) is 66.9 Å². The molecule has 17 heteroatoms. The number of aliphatic hydroxyl groups is 1. The fourth-order valence-electron chi connectivity index (χ4n) is 11.4. The third-order valence-corrected chi connectivity index (χ3v) is 16.3. The molecule has 0 radical (unpaired) electrons. The number of aromatic nitrogens is 5. The van der Waals surface area contributed by atoms with E-state index < -0.39 is 23.6 Å². The van der Waals surface area contributed by atoms with Crippen LogP contribution in [0.15, 0.2) is 96.8 Å². The molecule has 2 bridgehead atoms. The molecule has 7 N–H and O–H groups in total. The molecule has 1 aliphatic carbocycles. The van der Waals surface area contributed by atoms with Gasteiger partial charge >= 0.3 is 0 Å². The van der Waals surface area contributed by atoms with E-state index in [2.05, 4.69) is 60.3 Å². The zero-order chi connectivity index (χ0) is 51.0. The number of thiazole rings is 1. The molecule has 16 nitrogen and oxygen atoms in total. The number of β-amino-alcohol motifs (C(OH)–C–C–N with tert-alkyl or cyclic N) is 1. The summed E-state index contributed by atoms with van der Waals surface area (Å²) in [5.74, 6) is 0.835. The highest BCUT2D eigenvalue weighted by molar-refractivity contribution is 7.13. The minimum Gasteiger partial charge on any atom is -0.507 e. The second-order valence-electron chi connectivity index (χ2n) is 21.5. The van der Waals surface area contributed by atoms with Crippen molar-refractivity contribution in [3.8, 4) is 38.6 Å². The van der Waals surface area contributed by atoms with E-state index in [0.29, 0.717) is 35.8 Å². The average molecular weight is 1000 g/mol. The molecule has 3 aromatic carbocycles. The molecule has 3 aromatic heterocycles. The third-order valence-electron chi connectivity index (χ3n) is 15.4. The Bertz CT molecular complexity index is 2920. The number of benzene rings is 3. The first-order valence-electron chi connectivity index (χ1n) is 25.6. The summed E-state index contributed by atoms with van der Waals surface area (Å²) in [5.41, 5.74) is 15.8. The number of carbonyl (C=O) groups excluding carboxylic acids is 3. The number of nitrogen functional groups attached to an aromatic ring is 1. The Kier molecular flexibility index (Phi) is 14.3. The van der Waals surface area contributed by atoms with Gasteiger partial charge in [-0.25, -0.2) is 15.0 Å². The van der Waals surface area contributed by atoms with Crippen molar-refractivity contribution in [2.45, 2.75) is 121 Å². The number of carbonyl (C=O) groups is 3.